The number of halogens is 1. The number of carbonyl (C=O) groups is 2. The lowest BCUT2D eigenvalue weighted by Crippen LogP contribution is -2.34. The average Bonchev–Trinajstić information content (AvgIpc) is 3.14. The second-order valence-electron chi connectivity index (χ2n) is 6.12. The molecule has 0 spiro atoms. The van der Waals surface area contributed by atoms with Crippen LogP contribution in [0, 0.1) is 5.82 Å². The third-order valence-electron chi connectivity index (χ3n) is 4.75. The van der Waals surface area contributed by atoms with Gasteiger partial charge < -0.3 is 4.90 Å². The first-order valence-electron chi connectivity index (χ1n) is 8.33. The Morgan fingerprint density at radius 2 is 1.72 bits per heavy atom. The van der Waals surface area contributed by atoms with Crippen molar-refractivity contribution >= 4 is 23.1 Å². The Bertz CT molecular complexity index is 902. The highest BCUT2D eigenvalue weighted by atomic mass is 19.1. The first kappa shape index (κ1) is 15.6. The van der Waals surface area contributed by atoms with Gasteiger partial charge in [0.25, 0.3) is 11.8 Å². The third-order valence-corrected chi connectivity index (χ3v) is 4.75. The van der Waals surface area contributed by atoms with Crippen molar-refractivity contribution in [2.24, 2.45) is 0 Å². The highest BCUT2D eigenvalue weighted by molar-refractivity contribution is 6.36. The molecule has 0 atom stereocenters. The summed E-state index contributed by atoms with van der Waals surface area (Å²) in [7, 11) is 0. The number of hydrogen-bond donors (Lipinski definition) is 0. The van der Waals surface area contributed by atoms with E-state index < -0.39 is 0 Å². The van der Waals surface area contributed by atoms with Gasteiger partial charge in [-0.1, -0.05) is 30.3 Å². The van der Waals surface area contributed by atoms with E-state index in [9.17, 15) is 14.0 Å². The maximum absolute atomic E-state index is 13.3. The molecule has 5 heteroatoms. The minimum atomic E-state index is -0.374. The normalized spacial score (nSPS) is 16.9. The number of rotatable bonds is 3. The molecule has 0 bridgehead atoms. The molecule has 2 aromatic rings. The number of carbonyl (C=O) groups excluding carboxylic acids is 2. The van der Waals surface area contributed by atoms with Gasteiger partial charge in [0.2, 0.25) is 0 Å². The molecule has 2 aliphatic heterocycles. The van der Waals surface area contributed by atoms with Crippen LogP contribution in [0.2, 0.25) is 0 Å². The van der Waals surface area contributed by atoms with Gasteiger partial charge in [-0.15, -0.1) is 0 Å². The molecule has 2 heterocycles. The minimum Gasteiger partial charge on any atom is -0.336 e. The lowest BCUT2D eigenvalue weighted by molar-refractivity contribution is -0.136. The fraction of sp³-hybridized carbons (Fsp3) is 0.200. The monoisotopic (exact) mass is 336 g/mol. The Morgan fingerprint density at radius 3 is 2.44 bits per heavy atom. The van der Waals surface area contributed by atoms with Crippen LogP contribution in [0.5, 0.6) is 0 Å². The number of benzene rings is 2. The number of nitrogens with zero attached hydrogens (tertiary/aromatic N) is 2. The molecule has 2 amide bonds. The van der Waals surface area contributed by atoms with Crippen molar-refractivity contribution in [3.63, 3.8) is 0 Å². The number of anilines is 1. The van der Waals surface area contributed by atoms with Crippen molar-refractivity contribution in [2.75, 3.05) is 18.0 Å². The van der Waals surface area contributed by atoms with Gasteiger partial charge in [0.05, 0.1) is 5.57 Å². The number of likely N-dealkylation sites (N-methyl/N-ethyl adjacent to an activating group) is 1. The van der Waals surface area contributed by atoms with Gasteiger partial charge in [0.15, 0.2) is 0 Å². The molecule has 126 valence electrons. The number of hydrogen-bond acceptors (Lipinski definition) is 3. The average molecular weight is 336 g/mol. The van der Waals surface area contributed by atoms with Gasteiger partial charge in [0.1, 0.15) is 11.5 Å². The first-order chi connectivity index (χ1) is 12.1. The highest BCUT2D eigenvalue weighted by Crippen LogP contribution is 2.38. The zero-order valence-corrected chi connectivity index (χ0v) is 13.8. The first-order valence-corrected chi connectivity index (χ1v) is 8.33. The van der Waals surface area contributed by atoms with Crippen LogP contribution in [-0.4, -0.2) is 29.8 Å². The van der Waals surface area contributed by atoms with Gasteiger partial charge in [-0.2, -0.15) is 0 Å². The molecular weight excluding hydrogens is 319 g/mol. The van der Waals surface area contributed by atoms with Crippen molar-refractivity contribution in [3.05, 3.63) is 71.2 Å². The van der Waals surface area contributed by atoms with E-state index in [1.54, 1.807) is 19.1 Å². The fourth-order valence-corrected chi connectivity index (χ4v) is 3.55. The molecule has 4 nitrogen and oxygen atoms in total. The van der Waals surface area contributed by atoms with Crippen LogP contribution < -0.4 is 4.90 Å². The standard InChI is InChI=1S/C20H17FN2O2/c1-2-22-19(24)17(14-7-9-15(21)10-8-14)18(20(22)25)23-12-11-13-5-3-4-6-16(13)23/h3-10H,2,11-12H2,1H3. The number of fused-ring (bicyclic) bond motifs is 1. The van der Waals surface area contributed by atoms with Crippen LogP contribution in [0.15, 0.2) is 54.2 Å². The van der Waals surface area contributed by atoms with Crippen molar-refractivity contribution in [3.8, 4) is 0 Å². The second-order valence-corrected chi connectivity index (χ2v) is 6.12. The summed E-state index contributed by atoms with van der Waals surface area (Å²) in [6.45, 7) is 2.73. The molecule has 0 saturated carbocycles. The van der Waals surface area contributed by atoms with Crippen LogP contribution >= 0.6 is 0 Å². The quantitative estimate of drug-likeness (QED) is 0.809. The molecule has 2 aromatic carbocycles. The Morgan fingerprint density at radius 1 is 1.00 bits per heavy atom. The van der Waals surface area contributed by atoms with Crippen LogP contribution in [0.4, 0.5) is 10.1 Å². The van der Waals surface area contributed by atoms with Gasteiger partial charge >= 0.3 is 0 Å². The summed E-state index contributed by atoms with van der Waals surface area (Å²) in [6, 6.07) is 13.6. The summed E-state index contributed by atoms with van der Waals surface area (Å²) in [4.78, 5) is 28.9. The maximum atomic E-state index is 13.3. The summed E-state index contributed by atoms with van der Waals surface area (Å²) in [5.41, 5.74) is 3.42. The summed E-state index contributed by atoms with van der Waals surface area (Å²) in [6.07, 6.45) is 0.823. The predicted octanol–water partition coefficient (Wildman–Crippen LogP) is 2.99. The number of imide groups is 1. The Balaban J connectivity index is 1.90. The Labute approximate surface area is 145 Å². The van der Waals surface area contributed by atoms with Crippen molar-refractivity contribution in [1.29, 1.82) is 0 Å². The largest absolute Gasteiger partial charge is 0.336 e. The van der Waals surface area contributed by atoms with Gasteiger partial charge in [-0.25, -0.2) is 4.39 Å². The Kier molecular flexibility index (Phi) is 3.64. The van der Waals surface area contributed by atoms with Crippen LogP contribution in [-0.2, 0) is 16.0 Å². The highest BCUT2D eigenvalue weighted by Gasteiger charge is 2.42. The van der Waals surface area contributed by atoms with Crippen LogP contribution in [0.25, 0.3) is 5.57 Å². The van der Waals surface area contributed by atoms with E-state index in [2.05, 4.69) is 0 Å². The molecule has 0 fully saturated rings. The maximum Gasteiger partial charge on any atom is 0.278 e. The van der Waals surface area contributed by atoms with E-state index in [4.69, 9.17) is 0 Å². The zero-order chi connectivity index (χ0) is 17.6. The molecule has 0 unspecified atom stereocenters. The zero-order valence-electron chi connectivity index (χ0n) is 13.8. The van der Waals surface area contributed by atoms with Crippen LogP contribution in [0.3, 0.4) is 0 Å². The van der Waals surface area contributed by atoms with E-state index in [0.29, 0.717) is 29.9 Å². The second kappa shape index (κ2) is 5.84. The molecule has 0 N–H and O–H groups in total. The van der Waals surface area contributed by atoms with E-state index in [1.807, 2.05) is 29.2 Å². The number of para-hydroxylation sites is 1. The third kappa shape index (κ3) is 2.35. The lowest BCUT2D eigenvalue weighted by atomic mass is 10.0. The molecular formula is C20H17FN2O2. The van der Waals surface area contributed by atoms with Crippen molar-refractivity contribution in [1.82, 2.24) is 4.90 Å². The minimum absolute atomic E-state index is 0.288. The Hall–Kier alpha value is -2.95. The molecule has 2 aliphatic rings. The topological polar surface area (TPSA) is 40.6 Å². The molecule has 0 aromatic heterocycles. The molecule has 0 radical (unpaired) electrons. The van der Waals surface area contributed by atoms with E-state index >= 15 is 0 Å². The van der Waals surface area contributed by atoms with E-state index in [-0.39, 0.29) is 17.6 Å². The summed E-state index contributed by atoms with van der Waals surface area (Å²) in [5, 5.41) is 0. The van der Waals surface area contributed by atoms with E-state index in [0.717, 1.165) is 17.7 Å². The SMILES string of the molecule is CCN1C(=O)C(c2ccc(F)cc2)=C(N2CCc3ccccc32)C1=O. The summed E-state index contributed by atoms with van der Waals surface area (Å²) >= 11 is 0. The van der Waals surface area contributed by atoms with Crippen molar-refractivity contribution in [2.45, 2.75) is 13.3 Å². The predicted molar refractivity (Wildman–Crippen MR) is 93.2 cm³/mol. The van der Waals surface area contributed by atoms with Crippen LogP contribution in [0.1, 0.15) is 18.1 Å². The van der Waals surface area contributed by atoms with Crippen molar-refractivity contribution < 1.29 is 14.0 Å². The van der Waals surface area contributed by atoms with E-state index in [1.165, 1.54) is 17.0 Å². The summed E-state index contributed by atoms with van der Waals surface area (Å²) < 4.78 is 13.3. The molecule has 0 saturated heterocycles. The molecule has 0 aliphatic carbocycles. The van der Waals surface area contributed by atoms with Gasteiger partial charge in [-0.3, -0.25) is 14.5 Å². The summed E-state index contributed by atoms with van der Waals surface area (Å²) in [5.74, 6) is -0.983. The number of amides is 2. The lowest BCUT2D eigenvalue weighted by Gasteiger charge is -2.21. The fourth-order valence-electron chi connectivity index (χ4n) is 3.55. The van der Waals surface area contributed by atoms with Gasteiger partial charge in [0, 0.05) is 18.8 Å². The molecule has 25 heavy (non-hydrogen) atoms. The smallest absolute Gasteiger partial charge is 0.278 e. The molecule has 4 rings (SSSR count). The van der Waals surface area contributed by atoms with Gasteiger partial charge in [-0.05, 0) is 42.7 Å².